The van der Waals surface area contributed by atoms with Crippen LogP contribution in [0, 0.1) is 13.8 Å². The minimum atomic E-state index is -3.44. The number of hydrogen-bond acceptors (Lipinski definition) is 4. The Morgan fingerprint density at radius 2 is 1.54 bits per heavy atom. The molecule has 26 heavy (non-hydrogen) atoms. The van der Waals surface area contributed by atoms with Crippen LogP contribution in [-0.2, 0) is 15.5 Å². The van der Waals surface area contributed by atoms with E-state index in [1.54, 1.807) is 36.4 Å². The average Bonchev–Trinajstić information content (AvgIpc) is 2.64. The zero-order chi connectivity index (χ0) is 18.6. The third-order valence-electron chi connectivity index (χ3n) is 4.05. The van der Waals surface area contributed by atoms with Crippen molar-refractivity contribution in [1.29, 1.82) is 0 Å². The number of aryl methyl sites for hydroxylation is 2. The lowest BCUT2D eigenvalue weighted by molar-refractivity contribution is 0.306. The van der Waals surface area contributed by atoms with Crippen molar-refractivity contribution in [3.63, 3.8) is 0 Å². The normalized spacial score (nSPS) is 11.3. The van der Waals surface area contributed by atoms with E-state index < -0.39 is 8.87 Å². The molecule has 0 aliphatic rings. The van der Waals surface area contributed by atoms with E-state index in [1.165, 1.54) is 0 Å². The van der Waals surface area contributed by atoms with Gasteiger partial charge in [-0.05, 0) is 66.9 Å². The van der Waals surface area contributed by atoms with E-state index in [-0.39, 0.29) is 0 Å². The highest BCUT2D eigenvalue weighted by Crippen LogP contribution is 2.32. The van der Waals surface area contributed by atoms with E-state index in [4.69, 9.17) is 4.74 Å². The van der Waals surface area contributed by atoms with Crippen molar-refractivity contribution in [3.05, 3.63) is 89.5 Å². The van der Waals surface area contributed by atoms with Crippen molar-refractivity contribution < 1.29 is 13.2 Å². The first-order valence-electron chi connectivity index (χ1n) is 8.22. The minimum Gasteiger partial charge on any atom is -0.489 e. The largest absolute Gasteiger partial charge is 0.489 e. The first-order chi connectivity index (χ1) is 12.4. The van der Waals surface area contributed by atoms with E-state index in [9.17, 15) is 8.42 Å². The molecule has 0 amide bonds. The van der Waals surface area contributed by atoms with Gasteiger partial charge in [-0.1, -0.05) is 36.4 Å². The van der Waals surface area contributed by atoms with Crippen LogP contribution >= 0.6 is 10.8 Å². The molecule has 3 rings (SSSR count). The van der Waals surface area contributed by atoms with E-state index in [0.29, 0.717) is 22.1 Å². The maximum Gasteiger partial charge on any atom is 0.234 e. The third kappa shape index (κ3) is 4.68. The summed E-state index contributed by atoms with van der Waals surface area (Å²) in [6, 6.07) is 22.2. The molecular formula is C21H20O3S2. The molecular weight excluding hydrogens is 364 g/mol. The summed E-state index contributed by atoms with van der Waals surface area (Å²) in [6.07, 6.45) is 0. The van der Waals surface area contributed by atoms with E-state index >= 15 is 0 Å². The first kappa shape index (κ1) is 18.5. The Bertz CT molecular complexity index is 980. The molecule has 0 aromatic heterocycles. The van der Waals surface area contributed by atoms with Crippen molar-refractivity contribution in [2.75, 3.05) is 0 Å². The number of benzene rings is 3. The highest BCUT2D eigenvalue weighted by Gasteiger charge is 2.17. The molecule has 134 valence electrons. The fraction of sp³-hybridized carbons (Fsp3) is 0.143. The highest BCUT2D eigenvalue weighted by atomic mass is 33.1. The van der Waals surface area contributed by atoms with Crippen LogP contribution in [0.3, 0.4) is 0 Å². The Balaban J connectivity index is 1.67. The van der Waals surface area contributed by atoms with Crippen LogP contribution in [0.25, 0.3) is 0 Å². The van der Waals surface area contributed by atoms with Crippen LogP contribution in [0.2, 0.25) is 0 Å². The molecule has 0 saturated heterocycles. The molecule has 0 radical (unpaired) electrons. The lowest BCUT2D eigenvalue weighted by Crippen LogP contribution is -1.97. The van der Waals surface area contributed by atoms with Crippen LogP contribution < -0.4 is 4.74 Å². The number of hydrogen-bond donors (Lipinski definition) is 0. The molecule has 3 nitrogen and oxygen atoms in total. The van der Waals surface area contributed by atoms with Gasteiger partial charge in [-0.25, -0.2) is 8.42 Å². The molecule has 5 heteroatoms. The summed E-state index contributed by atoms with van der Waals surface area (Å²) in [4.78, 5) is 0.991. The fourth-order valence-corrected chi connectivity index (χ4v) is 5.22. The summed E-state index contributed by atoms with van der Waals surface area (Å²) in [6.45, 7) is 4.36. The highest BCUT2D eigenvalue weighted by molar-refractivity contribution is 8.72. The second-order valence-corrected chi connectivity index (χ2v) is 9.86. The second-order valence-electron chi connectivity index (χ2n) is 6.03. The van der Waals surface area contributed by atoms with Gasteiger partial charge >= 0.3 is 0 Å². The van der Waals surface area contributed by atoms with E-state index in [0.717, 1.165) is 27.5 Å². The lowest BCUT2D eigenvalue weighted by Gasteiger charge is -2.08. The van der Waals surface area contributed by atoms with Gasteiger partial charge in [0, 0.05) is 15.7 Å². The van der Waals surface area contributed by atoms with Gasteiger partial charge in [0.15, 0.2) is 0 Å². The van der Waals surface area contributed by atoms with Crippen LogP contribution in [0.4, 0.5) is 0 Å². The van der Waals surface area contributed by atoms with Crippen molar-refractivity contribution in [3.8, 4) is 5.75 Å². The molecule has 0 N–H and O–H groups in total. The maximum absolute atomic E-state index is 12.6. The molecule has 0 bridgehead atoms. The fourth-order valence-electron chi connectivity index (χ4n) is 2.38. The Kier molecular flexibility index (Phi) is 5.69. The van der Waals surface area contributed by atoms with Crippen LogP contribution in [0.1, 0.15) is 16.7 Å². The predicted octanol–water partition coefficient (Wildman–Crippen LogP) is 5.36. The quantitative estimate of drug-likeness (QED) is 0.536. The predicted molar refractivity (Wildman–Crippen MR) is 106 cm³/mol. The minimum absolute atomic E-state index is 0.329. The van der Waals surface area contributed by atoms with Gasteiger partial charge in [0.1, 0.15) is 12.4 Å². The molecule has 0 aliphatic carbocycles. The van der Waals surface area contributed by atoms with Gasteiger partial charge in [-0.15, -0.1) is 0 Å². The van der Waals surface area contributed by atoms with Gasteiger partial charge in [0.25, 0.3) is 0 Å². The molecule has 0 saturated carbocycles. The summed E-state index contributed by atoms with van der Waals surface area (Å²) in [5.41, 5.74) is 3.13. The van der Waals surface area contributed by atoms with Crippen molar-refractivity contribution in [2.45, 2.75) is 30.2 Å². The van der Waals surface area contributed by atoms with E-state index in [2.05, 4.69) is 0 Å². The van der Waals surface area contributed by atoms with Crippen LogP contribution in [0.5, 0.6) is 5.75 Å². The molecule has 0 spiro atoms. The molecule has 0 unspecified atom stereocenters. The van der Waals surface area contributed by atoms with Gasteiger partial charge in [-0.2, -0.15) is 0 Å². The average molecular weight is 385 g/mol. The van der Waals surface area contributed by atoms with E-state index in [1.807, 2.05) is 50.2 Å². The van der Waals surface area contributed by atoms with Crippen molar-refractivity contribution in [1.82, 2.24) is 0 Å². The van der Waals surface area contributed by atoms with Crippen LogP contribution in [0.15, 0.2) is 82.6 Å². The van der Waals surface area contributed by atoms with Crippen molar-refractivity contribution in [2.24, 2.45) is 0 Å². The molecule has 0 atom stereocenters. The third-order valence-corrected chi connectivity index (χ3v) is 7.37. The van der Waals surface area contributed by atoms with Crippen LogP contribution in [-0.4, -0.2) is 8.42 Å². The zero-order valence-corrected chi connectivity index (χ0v) is 16.3. The monoisotopic (exact) mass is 384 g/mol. The molecule has 0 heterocycles. The molecule has 3 aromatic carbocycles. The zero-order valence-electron chi connectivity index (χ0n) is 14.7. The van der Waals surface area contributed by atoms with Gasteiger partial charge in [0.05, 0.1) is 4.90 Å². The maximum atomic E-state index is 12.6. The summed E-state index contributed by atoms with van der Waals surface area (Å²) in [5, 5.41) is 0. The Morgan fingerprint density at radius 1 is 0.846 bits per heavy atom. The number of rotatable bonds is 6. The number of ether oxygens (including phenoxy) is 1. The first-order valence-corrected chi connectivity index (χ1v) is 11.0. The van der Waals surface area contributed by atoms with Gasteiger partial charge in [0.2, 0.25) is 8.87 Å². The standard InChI is InChI=1S/C21H20O3S2/c1-16-8-13-21(14-17(16)2)26(22,23)25-20-11-9-19(10-12-20)24-15-18-6-4-3-5-7-18/h3-14H,15H2,1-2H3. The topological polar surface area (TPSA) is 43.4 Å². The smallest absolute Gasteiger partial charge is 0.234 e. The molecule has 0 fully saturated rings. The Labute approximate surface area is 158 Å². The summed E-state index contributed by atoms with van der Waals surface area (Å²) in [7, 11) is -2.59. The van der Waals surface area contributed by atoms with Crippen molar-refractivity contribution >= 4 is 19.7 Å². The lowest BCUT2D eigenvalue weighted by atomic mass is 10.1. The van der Waals surface area contributed by atoms with Gasteiger partial charge < -0.3 is 4.74 Å². The summed E-state index contributed by atoms with van der Waals surface area (Å²) in [5.74, 6) is 0.710. The van der Waals surface area contributed by atoms with Gasteiger partial charge in [-0.3, -0.25) is 0 Å². The molecule has 3 aromatic rings. The summed E-state index contributed by atoms with van der Waals surface area (Å²) >= 11 is 0. The Hall–Kier alpha value is -2.24. The molecule has 0 aliphatic heterocycles. The SMILES string of the molecule is Cc1ccc(S(=O)(=O)Sc2ccc(OCc3ccccc3)cc2)cc1C. The second kappa shape index (κ2) is 7.98. The Morgan fingerprint density at radius 3 is 2.19 bits per heavy atom. The summed E-state index contributed by atoms with van der Waals surface area (Å²) < 4.78 is 30.9.